The topological polar surface area (TPSA) is 47.1 Å². The molecule has 1 fully saturated rings. The van der Waals surface area contributed by atoms with Crippen molar-refractivity contribution in [3.8, 4) is 0 Å². The summed E-state index contributed by atoms with van der Waals surface area (Å²) in [6, 6.07) is 0.224. The zero-order valence-electron chi connectivity index (χ0n) is 13.5. The molecule has 0 aliphatic heterocycles. The number of hydrogen-bond acceptors (Lipinski definition) is 3. The molecular weight excluding hydrogens is 248 g/mol. The normalized spacial score (nSPS) is 28.8. The van der Waals surface area contributed by atoms with Crippen LogP contribution in [-0.4, -0.2) is 40.1 Å². The van der Waals surface area contributed by atoms with Crippen LogP contribution in [0.4, 0.5) is 0 Å². The van der Waals surface area contributed by atoms with Crippen LogP contribution in [0.2, 0.25) is 0 Å². The Morgan fingerprint density at radius 1 is 1.45 bits per heavy atom. The number of likely N-dealkylation sites (N-methyl/N-ethyl adjacent to an activating group) is 1. The van der Waals surface area contributed by atoms with Gasteiger partial charge in [0, 0.05) is 37.4 Å². The van der Waals surface area contributed by atoms with Gasteiger partial charge >= 0.3 is 0 Å². The second kappa shape index (κ2) is 6.27. The van der Waals surface area contributed by atoms with Crippen molar-refractivity contribution < 1.29 is 0 Å². The molecule has 1 atom stereocenters. The van der Waals surface area contributed by atoms with Gasteiger partial charge in [0.05, 0.1) is 0 Å². The van der Waals surface area contributed by atoms with E-state index in [1.54, 1.807) is 0 Å². The Bertz CT molecular complexity index is 416. The Hall–Kier alpha value is -0.870. The average Bonchev–Trinajstić information content (AvgIpc) is 2.82. The second-order valence-corrected chi connectivity index (χ2v) is 6.78. The van der Waals surface area contributed by atoms with Gasteiger partial charge in [-0.1, -0.05) is 6.92 Å². The number of imidazole rings is 1. The summed E-state index contributed by atoms with van der Waals surface area (Å²) in [7, 11) is 6.44. The molecule has 1 unspecified atom stereocenters. The van der Waals surface area contributed by atoms with E-state index in [0.29, 0.717) is 0 Å². The summed E-state index contributed by atoms with van der Waals surface area (Å²) in [6.45, 7) is 2.36. The number of nitrogens with two attached hydrogens (primary N) is 1. The highest BCUT2D eigenvalue weighted by atomic mass is 15.2. The third-order valence-corrected chi connectivity index (χ3v) is 5.32. The smallest absolute Gasteiger partial charge is 0.108 e. The van der Waals surface area contributed by atoms with Crippen molar-refractivity contribution in [3.05, 3.63) is 18.2 Å². The van der Waals surface area contributed by atoms with Gasteiger partial charge in [-0.05, 0) is 52.1 Å². The summed E-state index contributed by atoms with van der Waals surface area (Å²) in [6.07, 6.45) is 10.9. The van der Waals surface area contributed by atoms with Crippen molar-refractivity contribution in [2.45, 2.75) is 57.0 Å². The SMILES string of the molecule is CC1CCC(C(N)CCc2nccn2C)(N(C)C)CC1. The Labute approximate surface area is 123 Å². The molecule has 0 radical (unpaired) electrons. The first kappa shape index (κ1) is 15.5. The van der Waals surface area contributed by atoms with Crippen LogP contribution in [0.25, 0.3) is 0 Å². The minimum atomic E-state index is 0.178. The van der Waals surface area contributed by atoms with Gasteiger partial charge in [0.15, 0.2) is 0 Å². The first-order valence-corrected chi connectivity index (χ1v) is 7.85. The first-order chi connectivity index (χ1) is 9.45. The molecule has 0 spiro atoms. The van der Waals surface area contributed by atoms with Crippen LogP contribution in [0.15, 0.2) is 12.4 Å². The molecule has 114 valence electrons. The molecule has 0 amide bonds. The molecule has 4 heteroatoms. The minimum Gasteiger partial charge on any atom is -0.338 e. The number of aryl methyl sites for hydroxylation is 2. The molecule has 2 rings (SSSR count). The maximum Gasteiger partial charge on any atom is 0.108 e. The monoisotopic (exact) mass is 278 g/mol. The molecule has 2 N–H and O–H groups in total. The maximum atomic E-state index is 6.62. The van der Waals surface area contributed by atoms with Crippen molar-refractivity contribution >= 4 is 0 Å². The van der Waals surface area contributed by atoms with Crippen LogP contribution in [-0.2, 0) is 13.5 Å². The van der Waals surface area contributed by atoms with Crippen LogP contribution in [0.5, 0.6) is 0 Å². The van der Waals surface area contributed by atoms with Crippen molar-refractivity contribution in [2.75, 3.05) is 14.1 Å². The molecule has 1 aliphatic rings. The van der Waals surface area contributed by atoms with Gasteiger partial charge in [0.25, 0.3) is 0 Å². The van der Waals surface area contributed by atoms with E-state index in [1.165, 1.54) is 25.7 Å². The van der Waals surface area contributed by atoms with E-state index >= 15 is 0 Å². The summed E-state index contributed by atoms with van der Waals surface area (Å²) in [5.74, 6) is 1.99. The van der Waals surface area contributed by atoms with E-state index in [0.717, 1.165) is 24.6 Å². The first-order valence-electron chi connectivity index (χ1n) is 7.85. The van der Waals surface area contributed by atoms with E-state index in [-0.39, 0.29) is 11.6 Å². The number of rotatable bonds is 5. The lowest BCUT2D eigenvalue weighted by atomic mass is 9.71. The highest BCUT2D eigenvalue weighted by Gasteiger charge is 2.41. The summed E-state index contributed by atoms with van der Waals surface area (Å²) in [5, 5.41) is 0. The summed E-state index contributed by atoms with van der Waals surface area (Å²) < 4.78 is 2.10. The van der Waals surface area contributed by atoms with Gasteiger partial charge in [0.2, 0.25) is 0 Å². The van der Waals surface area contributed by atoms with Crippen LogP contribution < -0.4 is 5.73 Å². The lowest BCUT2D eigenvalue weighted by Crippen LogP contribution is -2.59. The Kier molecular flexibility index (Phi) is 4.86. The molecule has 20 heavy (non-hydrogen) atoms. The van der Waals surface area contributed by atoms with Crippen LogP contribution in [0, 0.1) is 5.92 Å². The second-order valence-electron chi connectivity index (χ2n) is 6.78. The van der Waals surface area contributed by atoms with E-state index in [1.807, 2.05) is 12.4 Å². The highest BCUT2D eigenvalue weighted by Crippen LogP contribution is 2.38. The molecule has 0 saturated heterocycles. The molecular formula is C16H30N4. The molecule has 1 aliphatic carbocycles. The standard InChI is InChI=1S/C16H30N4/c1-13-7-9-16(10-8-13,19(2)3)14(17)5-6-15-18-11-12-20(15)4/h11-14H,5-10,17H2,1-4H3. The predicted octanol–water partition coefficient (Wildman–Crippen LogP) is 2.19. The van der Waals surface area contributed by atoms with Crippen molar-refractivity contribution in [3.63, 3.8) is 0 Å². The Morgan fingerprint density at radius 2 is 2.10 bits per heavy atom. The number of hydrogen-bond donors (Lipinski definition) is 1. The van der Waals surface area contributed by atoms with Gasteiger partial charge < -0.3 is 15.2 Å². The Balaban J connectivity index is 2.00. The van der Waals surface area contributed by atoms with Gasteiger partial charge in [-0.3, -0.25) is 0 Å². The zero-order chi connectivity index (χ0) is 14.8. The third kappa shape index (κ3) is 3.07. The summed E-state index contributed by atoms with van der Waals surface area (Å²) in [5.41, 5.74) is 6.80. The van der Waals surface area contributed by atoms with Crippen molar-refractivity contribution in [1.82, 2.24) is 14.5 Å². The van der Waals surface area contributed by atoms with Gasteiger partial charge in [-0.2, -0.15) is 0 Å². The minimum absolute atomic E-state index is 0.178. The predicted molar refractivity (Wildman–Crippen MR) is 83.6 cm³/mol. The number of nitrogens with zero attached hydrogens (tertiary/aromatic N) is 3. The van der Waals surface area contributed by atoms with Crippen LogP contribution in [0.1, 0.15) is 44.9 Å². The fourth-order valence-electron chi connectivity index (χ4n) is 3.60. The van der Waals surface area contributed by atoms with Crippen molar-refractivity contribution in [1.29, 1.82) is 0 Å². The Morgan fingerprint density at radius 3 is 2.60 bits per heavy atom. The zero-order valence-corrected chi connectivity index (χ0v) is 13.5. The fraction of sp³-hybridized carbons (Fsp3) is 0.812. The summed E-state index contributed by atoms with van der Waals surface area (Å²) >= 11 is 0. The third-order valence-electron chi connectivity index (χ3n) is 5.32. The molecule has 0 bridgehead atoms. The highest BCUT2D eigenvalue weighted by molar-refractivity contribution is 5.02. The molecule has 1 saturated carbocycles. The largest absolute Gasteiger partial charge is 0.338 e. The van der Waals surface area contributed by atoms with Crippen LogP contribution in [0.3, 0.4) is 0 Å². The summed E-state index contributed by atoms with van der Waals surface area (Å²) in [4.78, 5) is 6.78. The van der Waals surface area contributed by atoms with Gasteiger partial charge in [-0.25, -0.2) is 4.98 Å². The lowest BCUT2D eigenvalue weighted by Gasteiger charge is -2.48. The molecule has 0 aromatic carbocycles. The van der Waals surface area contributed by atoms with Crippen molar-refractivity contribution in [2.24, 2.45) is 18.7 Å². The van der Waals surface area contributed by atoms with Gasteiger partial charge in [-0.15, -0.1) is 0 Å². The van der Waals surface area contributed by atoms with Gasteiger partial charge in [0.1, 0.15) is 5.82 Å². The van der Waals surface area contributed by atoms with E-state index < -0.39 is 0 Å². The molecule has 1 heterocycles. The van der Waals surface area contributed by atoms with E-state index in [2.05, 4.69) is 42.5 Å². The lowest BCUT2D eigenvalue weighted by molar-refractivity contribution is 0.0539. The quantitative estimate of drug-likeness (QED) is 0.898. The maximum absolute atomic E-state index is 6.62. The van der Waals surface area contributed by atoms with E-state index in [4.69, 9.17) is 5.73 Å². The number of aromatic nitrogens is 2. The molecule has 4 nitrogen and oxygen atoms in total. The van der Waals surface area contributed by atoms with E-state index in [9.17, 15) is 0 Å². The fourth-order valence-corrected chi connectivity index (χ4v) is 3.60. The van der Waals surface area contributed by atoms with Crippen LogP contribution >= 0.6 is 0 Å². The molecule has 1 aromatic rings. The molecule has 1 aromatic heterocycles. The average molecular weight is 278 g/mol.